The Hall–Kier alpha value is -1.13. The van der Waals surface area contributed by atoms with E-state index in [2.05, 4.69) is 14.7 Å². The molecule has 0 fully saturated rings. The van der Waals surface area contributed by atoms with Gasteiger partial charge in [-0.1, -0.05) is 28.4 Å². The maximum atomic E-state index is 12.8. The second-order valence-corrected chi connectivity index (χ2v) is 3.31. The Morgan fingerprint density at radius 3 is 2.36 bits per heavy atom. The van der Waals surface area contributed by atoms with Gasteiger partial charge in [0.25, 0.3) is 0 Å². The number of hydrogen-bond acceptors (Lipinski definition) is 3. The summed E-state index contributed by atoms with van der Waals surface area (Å²) in [5.74, 6) is -0.271. The molecule has 0 unspecified atom stereocenters. The van der Waals surface area contributed by atoms with E-state index in [1.54, 1.807) is 0 Å². The number of halogens is 3. The van der Waals surface area contributed by atoms with Gasteiger partial charge in [-0.25, -0.2) is 4.39 Å². The molecule has 14 heavy (non-hydrogen) atoms. The Morgan fingerprint density at radius 2 is 1.86 bits per heavy atom. The molecule has 0 bridgehead atoms. The third kappa shape index (κ3) is 1.58. The normalized spacial score (nSPS) is 10.5. The zero-order valence-electron chi connectivity index (χ0n) is 6.67. The van der Waals surface area contributed by atoms with Crippen LogP contribution in [0.15, 0.2) is 23.0 Å². The van der Waals surface area contributed by atoms with Crippen LogP contribution in [0.25, 0.3) is 11.4 Å². The molecule has 0 saturated carbocycles. The fourth-order valence-corrected chi connectivity index (χ4v) is 1.67. The lowest BCUT2D eigenvalue weighted by Crippen LogP contribution is -1.86. The highest BCUT2D eigenvalue weighted by Crippen LogP contribution is 2.33. The van der Waals surface area contributed by atoms with Crippen LogP contribution in [-0.4, -0.2) is 10.1 Å². The van der Waals surface area contributed by atoms with Crippen LogP contribution in [0, 0.1) is 5.82 Å². The van der Waals surface area contributed by atoms with Crippen molar-refractivity contribution in [3.05, 3.63) is 34.4 Å². The van der Waals surface area contributed by atoms with Gasteiger partial charge < -0.3 is 4.52 Å². The SMILES string of the molecule is Fc1cc(Cl)c(-c2ncon2)c(Cl)c1. The van der Waals surface area contributed by atoms with Crippen LogP contribution in [0.3, 0.4) is 0 Å². The Bertz CT molecular complexity index is 435. The molecule has 0 radical (unpaired) electrons. The maximum Gasteiger partial charge on any atom is 0.214 e. The molecule has 0 N–H and O–H groups in total. The lowest BCUT2D eigenvalue weighted by Gasteiger charge is -2.01. The average molecular weight is 233 g/mol. The maximum absolute atomic E-state index is 12.8. The Kier molecular flexibility index (Phi) is 2.39. The average Bonchev–Trinajstić information content (AvgIpc) is 2.54. The second kappa shape index (κ2) is 3.55. The number of hydrogen-bond donors (Lipinski definition) is 0. The van der Waals surface area contributed by atoms with Gasteiger partial charge in [-0.2, -0.15) is 4.98 Å². The van der Waals surface area contributed by atoms with Crippen molar-refractivity contribution in [1.29, 1.82) is 0 Å². The van der Waals surface area contributed by atoms with Crippen molar-refractivity contribution in [3.8, 4) is 11.4 Å². The molecule has 1 aromatic carbocycles. The number of nitrogens with zero attached hydrogens (tertiary/aromatic N) is 2. The monoisotopic (exact) mass is 232 g/mol. The van der Waals surface area contributed by atoms with E-state index in [9.17, 15) is 4.39 Å². The smallest absolute Gasteiger partial charge is 0.214 e. The fourth-order valence-electron chi connectivity index (χ4n) is 1.04. The zero-order valence-corrected chi connectivity index (χ0v) is 8.18. The van der Waals surface area contributed by atoms with Gasteiger partial charge in [-0.3, -0.25) is 0 Å². The van der Waals surface area contributed by atoms with Gasteiger partial charge in [0.05, 0.1) is 15.6 Å². The van der Waals surface area contributed by atoms with E-state index in [4.69, 9.17) is 23.2 Å². The molecule has 72 valence electrons. The van der Waals surface area contributed by atoms with Crippen LogP contribution in [-0.2, 0) is 0 Å². The summed E-state index contributed by atoms with van der Waals surface area (Å²) in [7, 11) is 0. The van der Waals surface area contributed by atoms with E-state index in [1.807, 2.05) is 0 Å². The molecule has 3 nitrogen and oxygen atoms in total. The molecule has 2 rings (SSSR count). The number of aromatic nitrogens is 2. The number of rotatable bonds is 1. The molecule has 6 heteroatoms. The Labute approximate surface area is 88.4 Å². The molecule has 1 heterocycles. The molecule has 0 amide bonds. The quantitative estimate of drug-likeness (QED) is 0.759. The summed E-state index contributed by atoms with van der Waals surface area (Å²) in [5.41, 5.74) is 0.364. The molecule has 0 spiro atoms. The second-order valence-electron chi connectivity index (χ2n) is 2.50. The largest absolute Gasteiger partial charge is 0.342 e. The van der Waals surface area contributed by atoms with Crippen LogP contribution in [0.2, 0.25) is 10.0 Å². The molecule has 0 aliphatic carbocycles. The highest BCUT2D eigenvalue weighted by molar-refractivity contribution is 6.38. The highest BCUT2D eigenvalue weighted by atomic mass is 35.5. The minimum absolute atomic E-state index is 0.149. The van der Waals surface area contributed by atoms with Gasteiger partial charge in [0, 0.05) is 0 Å². The van der Waals surface area contributed by atoms with Crippen LogP contribution in [0.4, 0.5) is 4.39 Å². The van der Waals surface area contributed by atoms with E-state index in [-0.39, 0.29) is 15.9 Å². The van der Waals surface area contributed by atoms with Crippen molar-refractivity contribution >= 4 is 23.2 Å². The first-order valence-electron chi connectivity index (χ1n) is 3.60. The summed E-state index contributed by atoms with van der Waals surface area (Å²) in [5, 5.41) is 3.86. The lowest BCUT2D eigenvalue weighted by molar-refractivity contribution is 0.418. The van der Waals surface area contributed by atoms with Crippen LogP contribution >= 0.6 is 23.2 Å². The third-order valence-corrected chi connectivity index (χ3v) is 2.19. The third-order valence-electron chi connectivity index (χ3n) is 1.59. The van der Waals surface area contributed by atoms with Gasteiger partial charge in [0.2, 0.25) is 12.2 Å². The van der Waals surface area contributed by atoms with Gasteiger partial charge in [0.15, 0.2) is 0 Å². The summed E-state index contributed by atoms with van der Waals surface area (Å²) in [6.45, 7) is 0. The van der Waals surface area contributed by atoms with E-state index in [0.717, 1.165) is 18.5 Å². The van der Waals surface area contributed by atoms with Crippen molar-refractivity contribution in [1.82, 2.24) is 10.1 Å². The summed E-state index contributed by atoms with van der Waals surface area (Å²) < 4.78 is 17.4. The first-order chi connectivity index (χ1) is 6.68. The topological polar surface area (TPSA) is 38.9 Å². The van der Waals surface area contributed by atoms with Crippen molar-refractivity contribution < 1.29 is 8.91 Å². The van der Waals surface area contributed by atoms with E-state index >= 15 is 0 Å². The summed E-state index contributed by atoms with van der Waals surface area (Å²) in [6.07, 6.45) is 1.14. The van der Waals surface area contributed by atoms with E-state index in [1.165, 1.54) is 0 Å². The van der Waals surface area contributed by atoms with Crippen molar-refractivity contribution in [2.75, 3.05) is 0 Å². The minimum Gasteiger partial charge on any atom is -0.342 e. The van der Waals surface area contributed by atoms with Crippen molar-refractivity contribution in [2.45, 2.75) is 0 Å². The lowest BCUT2D eigenvalue weighted by atomic mass is 10.2. The van der Waals surface area contributed by atoms with E-state index in [0.29, 0.717) is 5.56 Å². The molecule has 1 aromatic heterocycles. The summed E-state index contributed by atoms with van der Waals surface area (Å²) in [6, 6.07) is 2.28. The van der Waals surface area contributed by atoms with Crippen LogP contribution in [0.5, 0.6) is 0 Å². The molecule has 0 aliphatic rings. The molecule has 0 saturated heterocycles. The zero-order chi connectivity index (χ0) is 10.1. The molecule has 0 atom stereocenters. The summed E-state index contributed by atoms with van der Waals surface area (Å²) in [4.78, 5) is 3.77. The first-order valence-corrected chi connectivity index (χ1v) is 4.35. The van der Waals surface area contributed by atoms with E-state index < -0.39 is 5.82 Å². The Morgan fingerprint density at radius 1 is 1.21 bits per heavy atom. The van der Waals surface area contributed by atoms with Gasteiger partial charge in [0.1, 0.15) is 5.82 Å². The predicted molar refractivity (Wildman–Crippen MR) is 49.7 cm³/mol. The van der Waals surface area contributed by atoms with Crippen molar-refractivity contribution in [3.63, 3.8) is 0 Å². The minimum atomic E-state index is -0.507. The standard InChI is InChI=1S/C8H3Cl2FN2O/c9-5-1-4(11)2-6(10)7(5)8-12-3-14-13-8/h1-3H. The first kappa shape index (κ1) is 9.43. The fraction of sp³-hybridized carbons (Fsp3) is 0. The summed E-state index contributed by atoms with van der Waals surface area (Å²) >= 11 is 11.6. The predicted octanol–water partition coefficient (Wildman–Crippen LogP) is 3.18. The van der Waals surface area contributed by atoms with Crippen molar-refractivity contribution in [2.24, 2.45) is 0 Å². The highest BCUT2D eigenvalue weighted by Gasteiger charge is 2.14. The molecule has 2 aromatic rings. The molecular weight excluding hydrogens is 230 g/mol. The van der Waals surface area contributed by atoms with Gasteiger partial charge in [-0.15, -0.1) is 0 Å². The molecule has 0 aliphatic heterocycles. The van der Waals surface area contributed by atoms with Crippen LogP contribution < -0.4 is 0 Å². The van der Waals surface area contributed by atoms with Crippen LogP contribution in [0.1, 0.15) is 0 Å². The van der Waals surface area contributed by atoms with Gasteiger partial charge >= 0.3 is 0 Å². The number of benzene rings is 1. The Balaban J connectivity index is 2.64. The van der Waals surface area contributed by atoms with Gasteiger partial charge in [-0.05, 0) is 12.1 Å². The molecular formula is C8H3Cl2FN2O.